The maximum atomic E-state index is 12.5. The van der Waals surface area contributed by atoms with Gasteiger partial charge in [0.15, 0.2) is 0 Å². The second-order valence-electron chi connectivity index (χ2n) is 7.11. The number of hydrogen-bond acceptors (Lipinski definition) is 4. The number of amides is 1. The zero-order valence-corrected chi connectivity index (χ0v) is 14.3. The molecule has 0 atom stereocenters. The third kappa shape index (κ3) is 3.22. The highest BCUT2D eigenvalue weighted by Crippen LogP contribution is 2.35. The molecule has 1 amide bonds. The summed E-state index contributed by atoms with van der Waals surface area (Å²) in [5.41, 5.74) is 3.35. The van der Waals surface area contributed by atoms with Gasteiger partial charge in [-0.2, -0.15) is 0 Å². The molecule has 5 heteroatoms. The van der Waals surface area contributed by atoms with Crippen molar-refractivity contribution in [2.75, 3.05) is 54.5 Å². The number of carbonyl (C=O) groups excluding carboxylic acids is 1. The maximum absolute atomic E-state index is 12.5. The zero-order chi connectivity index (χ0) is 16.4. The molecule has 2 saturated heterocycles. The molecule has 1 aliphatic carbocycles. The molecular formula is C19H27N3O2. The Kier molecular flexibility index (Phi) is 4.60. The van der Waals surface area contributed by atoms with E-state index in [4.69, 9.17) is 4.74 Å². The Morgan fingerprint density at radius 2 is 1.75 bits per heavy atom. The number of hydrogen-bond donors (Lipinski definition) is 1. The number of ether oxygens (including phenoxy) is 1. The summed E-state index contributed by atoms with van der Waals surface area (Å²) in [6.07, 6.45) is 5.73. The summed E-state index contributed by atoms with van der Waals surface area (Å²) >= 11 is 0. The molecule has 24 heavy (non-hydrogen) atoms. The summed E-state index contributed by atoms with van der Waals surface area (Å²) in [4.78, 5) is 17.2. The van der Waals surface area contributed by atoms with E-state index < -0.39 is 0 Å². The summed E-state index contributed by atoms with van der Waals surface area (Å²) in [6, 6.07) is 6.54. The van der Waals surface area contributed by atoms with Gasteiger partial charge in [0.05, 0.1) is 24.6 Å². The molecule has 2 aliphatic heterocycles. The van der Waals surface area contributed by atoms with E-state index in [2.05, 4.69) is 33.3 Å². The van der Waals surface area contributed by atoms with Crippen molar-refractivity contribution in [1.82, 2.24) is 0 Å². The van der Waals surface area contributed by atoms with Crippen LogP contribution in [0.1, 0.15) is 32.1 Å². The van der Waals surface area contributed by atoms with E-state index in [1.165, 1.54) is 30.6 Å². The minimum Gasteiger partial charge on any atom is -0.378 e. The van der Waals surface area contributed by atoms with Crippen molar-refractivity contribution in [3.05, 3.63) is 18.2 Å². The Morgan fingerprint density at radius 1 is 1.00 bits per heavy atom. The molecule has 1 saturated carbocycles. The summed E-state index contributed by atoms with van der Waals surface area (Å²) in [5, 5.41) is 3.23. The predicted molar refractivity (Wildman–Crippen MR) is 96.9 cm³/mol. The van der Waals surface area contributed by atoms with E-state index >= 15 is 0 Å². The van der Waals surface area contributed by atoms with E-state index in [0.29, 0.717) is 0 Å². The first-order valence-electron chi connectivity index (χ1n) is 9.34. The topological polar surface area (TPSA) is 44.8 Å². The van der Waals surface area contributed by atoms with Crippen molar-refractivity contribution in [3.8, 4) is 0 Å². The molecule has 3 aliphatic rings. The summed E-state index contributed by atoms with van der Waals surface area (Å²) in [7, 11) is 0. The molecule has 0 aromatic heterocycles. The van der Waals surface area contributed by atoms with Crippen molar-refractivity contribution in [2.45, 2.75) is 32.1 Å². The largest absolute Gasteiger partial charge is 0.378 e. The Balaban J connectivity index is 1.58. The fourth-order valence-electron chi connectivity index (χ4n) is 3.78. The minimum absolute atomic E-state index is 0.195. The molecule has 1 N–H and O–H groups in total. The highest BCUT2D eigenvalue weighted by atomic mass is 16.5. The average Bonchev–Trinajstić information content (AvgIpc) is 3.08. The van der Waals surface area contributed by atoms with Gasteiger partial charge in [0.2, 0.25) is 5.91 Å². The molecule has 1 aromatic carbocycles. The molecule has 4 rings (SSSR count). The summed E-state index contributed by atoms with van der Waals surface area (Å²) in [5.74, 6) is 0.407. The van der Waals surface area contributed by atoms with Crippen LogP contribution in [0.2, 0.25) is 0 Å². The van der Waals surface area contributed by atoms with Crippen molar-refractivity contribution < 1.29 is 9.53 Å². The van der Waals surface area contributed by atoms with Crippen LogP contribution in [-0.4, -0.2) is 45.3 Å². The lowest BCUT2D eigenvalue weighted by Crippen LogP contribution is -2.36. The number of anilines is 3. The van der Waals surface area contributed by atoms with Crippen LogP contribution in [0.25, 0.3) is 0 Å². The lowest BCUT2D eigenvalue weighted by atomic mass is 9.85. The smallest absolute Gasteiger partial charge is 0.227 e. The molecule has 0 spiro atoms. The van der Waals surface area contributed by atoms with Crippen LogP contribution in [-0.2, 0) is 9.53 Å². The van der Waals surface area contributed by atoms with Crippen molar-refractivity contribution >= 4 is 23.0 Å². The van der Waals surface area contributed by atoms with Gasteiger partial charge < -0.3 is 19.9 Å². The van der Waals surface area contributed by atoms with Gasteiger partial charge in [0.1, 0.15) is 0 Å². The van der Waals surface area contributed by atoms with Gasteiger partial charge >= 0.3 is 0 Å². The number of carbonyl (C=O) groups is 1. The molecular weight excluding hydrogens is 302 g/mol. The fourth-order valence-corrected chi connectivity index (χ4v) is 3.78. The van der Waals surface area contributed by atoms with E-state index in [1.807, 2.05) is 0 Å². The van der Waals surface area contributed by atoms with Crippen LogP contribution >= 0.6 is 0 Å². The Bertz CT molecular complexity index is 588. The van der Waals surface area contributed by atoms with Crippen LogP contribution in [0.5, 0.6) is 0 Å². The van der Waals surface area contributed by atoms with Gasteiger partial charge in [-0.15, -0.1) is 0 Å². The van der Waals surface area contributed by atoms with E-state index in [0.717, 1.165) is 57.9 Å². The van der Waals surface area contributed by atoms with Crippen LogP contribution < -0.4 is 15.1 Å². The fraction of sp³-hybridized carbons (Fsp3) is 0.632. The van der Waals surface area contributed by atoms with E-state index in [-0.39, 0.29) is 11.8 Å². The van der Waals surface area contributed by atoms with Gasteiger partial charge in [0, 0.05) is 37.8 Å². The number of benzene rings is 1. The van der Waals surface area contributed by atoms with E-state index in [1.54, 1.807) is 0 Å². The first-order chi connectivity index (χ1) is 11.8. The van der Waals surface area contributed by atoms with Gasteiger partial charge in [-0.05, 0) is 43.9 Å². The highest BCUT2D eigenvalue weighted by molar-refractivity contribution is 5.97. The molecule has 0 radical (unpaired) electrons. The Morgan fingerprint density at radius 3 is 2.42 bits per heavy atom. The Hall–Kier alpha value is -1.75. The number of nitrogens with zero attached hydrogens (tertiary/aromatic N) is 2. The molecule has 0 bridgehead atoms. The molecule has 5 nitrogen and oxygen atoms in total. The molecule has 0 unspecified atom stereocenters. The minimum atomic E-state index is 0.195. The van der Waals surface area contributed by atoms with Crippen molar-refractivity contribution in [3.63, 3.8) is 0 Å². The third-order valence-electron chi connectivity index (χ3n) is 5.54. The lowest BCUT2D eigenvalue weighted by molar-refractivity contribution is -0.122. The second kappa shape index (κ2) is 7.01. The van der Waals surface area contributed by atoms with Gasteiger partial charge in [-0.3, -0.25) is 4.79 Å². The molecule has 130 valence electrons. The monoisotopic (exact) mass is 329 g/mol. The quantitative estimate of drug-likeness (QED) is 0.922. The van der Waals surface area contributed by atoms with Gasteiger partial charge in [0.25, 0.3) is 0 Å². The summed E-state index contributed by atoms with van der Waals surface area (Å²) in [6.45, 7) is 5.56. The highest BCUT2D eigenvalue weighted by Gasteiger charge is 2.27. The first-order valence-corrected chi connectivity index (χ1v) is 9.34. The predicted octanol–water partition coefficient (Wildman–Crippen LogP) is 2.86. The van der Waals surface area contributed by atoms with Crippen LogP contribution in [0.3, 0.4) is 0 Å². The van der Waals surface area contributed by atoms with Crippen molar-refractivity contribution in [1.29, 1.82) is 0 Å². The first kappa shape index (κ1) is 15.8. The van der Waals surface area contributed by atoms with Gasteiger partial charge in [-0.25, -0.2) is 0 Å². The number of nitrogens with one attached hydrogen (secondary N) is 1. The number of rotatable bonds is 4. The van der Waals surface area contributed by atoms with Crippen LogP contribution in [0.4, 0.5) is 17.1 Å². The summed E-state index contributed by atoms with van der Waals surface area (Å²) < 4.78 is 5.45. The number of morpholine rings is 1. The standard InChI is InChI=1S/C19H27N3O2/c23-19(15-4-3-5-15)20-17-14-16(21-10-12-24-13-11-21)6-7-18(17)22-8-1-2-9-22/h6-7,14-15H,1-5,8-13H2,(H,20,23). The van der Waals surface area contributed by atoms with Crippen molar-refractivity contribution in [2.24, 2.45) is 5.92 Å². The normalized spacial score (nSPS) is 21.7. The second-order valence-corrected chi connectivity index (χ2v) is 7.11. The van der Waals surface area contributed by atoms with Crippen LogP contribution in [0.15, 0.2) is 18.2 Å². The average molecular weight is 329 g/mol. The molecule has 1 aromatic rings. The van der Waals surface area contributed by atoms with Gasteiger partial charge in [-0.1, -0.05) is 6.42 Å². The maximum Gasteiger partial charge on any atom is 0.227 e. The molecule has 3 fully saturated rings. The SMILES string of the molecule is O=C(Nc1cc(N2CCOCC2)ccc1N1CCCC1)C1CCC1. The molecule has 2 heterocycles. The lowest BCUT2D eigenvalue weighted by Gasteiger charge is -2.31. The Labute approximate surface area is 144 Å². The van der Waals surface area contributed by atoms with Crippen LogP contribution in [0, 0.1) is 5.92 Å². The third-order valence-corrected chi connectivity index (χ3v) is 5.54. The van der Waals surface area contributed by atoms with E-state index in [9.17, 15) is 4.79 Å². The zero-order valence-electron chi connectivity index (χ0n) is 14.3.